The molecule has 0 bridgehead atoms. The Kier molecular flexibility index (Phi) is 8.90. The van der Waals surface area contributed by atoms with Crippen LogP contribution in [0.1, 0.15) is 92.8 Å². The van der Waals surface area contributed by atoms with Crippen LogP contribution in [0.2, 0.25) is 0 Å². The van der Waals surface area contributed by atoms with Crippen molar-refractivity contribution >= 4 is 32.0 Å². The first-order chi connectivity index (χ1) is 17.2. The van der Waals surface area contributed by atoms with Crippen LogP contribution in [0.15, 0.2) is 39.7 Å². The highest BCUT2D eigenvalue weighted by molar-refractivity contribution is 9.10. The third-order valence-electron chi connectivity index (χ3n) is 6.33. The first-order valence-electron chi connectivity index (χ1n) is 12.3. The van der Waals surface area contributed by atoms with Crippen molar-refractivity contribution in [2.45, 2.75) is 77.5 Å². The summed E-state index contributed by atoms with van der Waals surface area (Å²) in [5, 5.41) is 0. The quantitative estimate of drug-likeness (QED) is 0.271. The number of rotatable bonds is 9. The first kappa shape index (κ1) is 28.9. The predicted octanol–water partition coefficient (Wildman–Crippen LogP) is 6.87. The van der Waals surface area contributed by atoms with E-state index in [-0.39, 0.29) is 34.5 Å². The molecule has 3 rings (SSSR count). The molecule has 9 heteroatoms. The number of hydrogen-bond donors (Lipinski definition) is 1. The zero-order valence-electron chi connectivity index (χ0n) is 22.7. The van der Waals surface area contributed by atoms with Crippen molar-refractivity contribution in [2.75, 3.05) is 12.8 Å². The second kappa shape index (κ2) is 11.4. The molecule has 0 atom stereocenters. The van der Waals surface area contributed by atoms with E-state index in [1.807, 2.05) is 58.0 Å². The molecule has 0 fully saturated rings. The predicted molar refractivity (Wildman–Crippen MR) is 151 cm³/mol. The molecule has 0 radical (unpaired) electrons. The van der Waals surface area contributed by atoms with Crippen molar-refractivity contribution < 1.29 is 17.3 Å². The topological polar surface area (TPSA) is 104 Å². The normalized spacial score (nSPS) is 12.0. The van der Waals surface area contributed by atoms with Gasteiger partial charge in [-0.15, -0.1) is 0 Å². The molecule has 7 nitrogen and oxygen atoms in total. The molecular weight excluding hydrogens is 554 g/mol. The van der Waals surface area contributed by atoms with Crippen LogP contribution in [-0.4, -0.2) is 25.5 Å². The van der Waals surface area contributed by atoms with Crippen LogP contribution in [0.3, 0.4) is 0 Å². The lowest BCUT2D eigenvalue weighted by Crippen LogP contribution is -2.19. The van der Waals surface area contributed by atoms with Crippen molar-refractivity contribution in [3.63, 3.8) is 0 Å². The molecule has 0 aliphatic carbocycles. The molecule has 3 aromatic rings. The summed E-state index contributed by atoms with van der Waals surface area (Å²) >= 11 is 3.45. The van der Waals surface area contributed by atoms with Crippen molar-refractivity contribution in [3.8, 4) is 11.6 Å². The highest BCUT2D eigenvalue weighted by Crippen LogP contribution is 2.37. The number of aromatic nitrogens is 2. The minimum absolute atomic E-state index is 0.0340. The molecule has 0 saturated heterocycles. The molecule has 0 aliphatic rings. The molecule has 0 saturated carbocycles. The van der Waals surface area contributed by atoms with E-state index in [1.165, 1.54) is 0 Å². The zero-order chi connectivity index (χ0) is 27.7. The average molecular weight is 591 g/mol. The van der Waals surface area contributed by atoms with Gasteiger partial charge in [-0.2, -0.15) is 13.4 Å². The van der Waals surface area contributed by atoms with Crippen LogP contribution >= 0.6 is 15.9 Å². The van der Waals surface area contributed by atoms with E-state index >= 15 is 0 Å². The Morgan fingerprint density at radius 2 is 1.54 bits per heavy atom. The number of aryl methyl sites for hydroxylation is 1. The van der Waals surface area contributed by atoms with Crippen molar-refractivity contribution in [1.82, 2.24) is 9.97 Å². The van der Waals surface area contributed by atoms with Gasteiger partial charge in [0, 0.05) is 16.5 Å². The van der Waals surface area contributed by atoms with Gasteiger partial charge in [-0.05, 0) is 59.1 Å². The van der Waals surface area contributed by atoms with E-state index < -0.39 is 10.1 Å². The Hall–Kier alpha value is -2.65. The van der Waals surface area contributed by atoms with Crippen LogP contribution in [0.25, 0.3) is 0 Å². The maximum atomic E-state index is 14.0. The number of anilines is 1. The van der Waals surface area contributed by atoms with E-state index in [1.54, 1.807) is 14.0 Å². The lowest BCUT2D eigenvalue weighted by molar-refractivity contribution is 0.410. The number of nitrogens with zero attached hydrogens (tertiary/aromatic N) is 2. The monoisotopic (exact) mass is 589 g/mol. The van der Waals surface area contributed by atoms with Gasteiger partial charge in [-0.3, -0.25) is 0 Å². The van der Waals surface area contributed by atoms with Crippen LogP contribution in [-0.2, 0) is 16.5 Å². The Bertz CT molecular complexity index is 1370. The van der Waals surface area contributed by atoms with Crippen LogP contribution in [0.4, 0.5) is 5.95 Å². The van der Waals surface area contributed by atoms with Gasteiger partial charge in [0.05, 0.1) is 12.8 Å². The highest BCUT2D eigenvalue weighted by atomic mass is 79.9. The van der Waals surface area contributed by atoms with Crippen LogP contribution < -0.4 is 14.7 Å². The van der Waals surface area contributed by atoms with Crippen LogP contribution in [0.5, 0.6) is 11.6 Å². The van der Waals surface area contributed by atoms with Crippen molar-refractivity contribution in [3.05, 3.63) is 68.3 Å². The van der Waals surface area contributed by atoms with Crippen molar-refractivity contribution in [2.24, 2.45) is 0 Å². The molecule has 200 valence electrons. The van der Waals surface area contributed by atoms with E-state index in [0.717, 1.165) is 26.7 Å². The lowest BCUT2D eigenvalue weighted by atomic mass is 9.89. The lowest BCUT2D eigenvalue weighted by Gasteiger charge is -2.23. The summed E-state index contributed by atoms with van der Waals surface area (Å²) in [5.41, 5.74) is 10.4. The van der Waals surface area contributed by atoms with E-state index in [0.29, 0.717) is 23.4 Å². The van der Waals surface area contributed by atoms with E-state index in [2.05, 4.69) is 39.7 Å². The van der Waals surface area contributed by atoms with E-state index in [9.17, 15) is 8.42 Å². The number of benzene rings is 2. The number of methoxy groups -OCH3 is 1. The number of halogens is 1. The molecule has 0 unspecified atom stereocenters. The Morgan fingerprint density at radius 1 is 0.946 bits per heavy atom. The number of nitrogens with two attached hydrogens (primary N) is 1. The summed E-state index contributed by atoms with van der Waals surface area (Å²) in [5.74, 6) is 0.698. The average Bonchev–Trinajstić information content (AvgIpc) is 2.80. The number of hydrogen-bond acceptors (Lipinski definition) is 7. The van der Waals surface area contributed by atoms with Gasteiger partial charge in [0.1, 0.15) is 10.6 Å². The Balaban J connectivity index is 2.19. The molecule has 0 amide bonds. The van der Waals surface area contributed by atoms with E-state index in [4.69, 9.17) is 14.7 Å². The Labute approximate surface area is 229 Å². The molecule has 37 heavy (non-hydrogen) atoms. The highest BCUT2D eigenvalue weighted by Gasteiger charge is 2.30. The second-order valence-corrected chi connectivity index (χ2v) is 12.5. The third-order valence-corrected chi connectivity index (χ3v) is 8.17. The fourth-order valence-electron chi connectivity index (χ4n) is 4.24. The fourth-order valence-corrected chi connectivity index (χ4v) is 6.18. The van der Waals surface area contributed by atoms with Gasteiger partial charge >= 0.3 is 10.1 Å². The summed E-state index contributed by atoms with van der Waals surface area (Å²) < 4.78 is 40.2. The summed E-state index contributed by atoms with van der Waals surface area (Å²) in [6, 6.07) is 9.59. The summed E-state index contributed by atoms with van der Waals surface area (Å²) in [6.07, 6.45) is 0.299. The third kappa shape index (κ3) is 6.44. The van der Waals surface area contributed by atoms with Gasteiger partial charge in [-0.25, -0.2) is 4.98 Å². The van der Waals surface area contributed by atoms with Gasteiger partial charge in [0.25, 0.3) is 0 Å². The van der Waals surface area contributed by atoms with Crippen LogP contribution in [0, 0.1) is 6.92 Å². The molecule has 2 N–H and O–H groups in total. The van der Waals surface area contributed by atoms with Gasteiger partial charge in [-0.1, -0.05) is 75.7 Å². The molecule has 2 aromatic carbocycles. The number of nitrogen functional groups attached to an aromatic ring is 1. The molecular formula is C28H36BrN3O4S. The zero-order valence-corrected chi connectivity index (χ0v) is 25.1. The minimum Gasteiger partial charge on any atom is -0.496 e. The molecule has 0 spiro atoms. The van der Waals surface area contributed by atoms with Gasteiger partial charge < -0.3 is 14.7 Å². The standard InChI is InChI=1S/C28H36BrN3O4S/c1-15(2)20-12-22(16(3)4)26(23(13-20)17(5)6)37(33,34)36-27-24(18(7)31-28(30)32-27)11-19-9-10-21(29)14-25(19)35-8/h9-10,12-17H,11H2,1-8H3,(H2,30,31,32). The van der Waals surface area contributed by atoms with Gasteiger partial charge in [0.2, 0.25) is 11.8 Å². The number of ether oxygens (including phenoxy) is 1. The molecule has 0 aliphatic heterocycles. The summed E-state index contributed by atoms with van der Waals surface area (Å²) in [6.45, 7) is 13.9. The fraction of sp³-hybridized carbons (Fsp3) is 0.429. The molecule has 1 heterocycles. The SMILES string of the molecule is COc1cc(Br)ccc1Cc1c(C)nc(N)nc1OS(=O)(=O)c1c(C(C)C)cc(C(C)C)cc1C(C)C. The second-order valence-electron chi connectivity index (χ2n) is 10.1. The van der Waals surface area contributed by atoms with Crippen molar-refractivity contribution in [1.29, 1.82) is 0 Å². The first-order valence-corrected chi connectivity index (χ1v) is 14.5. The maximum Gasteiger partial charge on any atom is 0.341 e. The summed E-state index contributed by atoms with van der Waals surface area (Å²) in [7, 11) is -2.68. The summed E-state index contributed by atoms with van der Waals surface area (Å²) in [4.78, 5) is 8.69. The smallest absolute Gasteiger partial charge is 0.341 e. The minimum atomic E-state index is -4.26. The maximum absolute atomic E-state index is 14.0. The van der Waals surface area contributed by atoms with Gasteiger partial charge in [0.15, 0.2) is 0 Å². The largest absolute Gasteiger partial charge is 0.496 e. The Morgan fingerprint density at radius 3 is 2.05 bits per heavy atom. The molecule has 1 aromatic heterocycles.